The Hall–Kier alpha value is -2.08. The molecule has 1 aromatic rings. The number of allylic oxidation sites excluding steroid dienone is 8. The van der Waals surface area contributed by atoms with E-state index in [2.05, 4.69) is 85.0 Å². The minimum absolute atomic E-state index is 0.459. The molecule has 0 saturated heterocycles. The molecule has 18 heavy (non-hydrogen) atoms. The molecule has 0 aromatic heterocycles. The molecule has 2 aliphatic carbocycles. The molecule has 88 valence electrons. The second-order valence-electron chi connectivity index (χ2n) is 4.69. The zero-order chi connectivity index (χ0) is 12.2. The Morgan fingerprint density at radius 2 is 0.889 bits per heavy atom. The van der Waals surface area contributed by atoms with Crippen molar-refractivity contribution >= 4 is 12.2 Å². The summed E-state index contributed by atoms with van der Waals surface area (Å²) in [5.74, 6) is 0.918. The molecule has 0 unspecified atom stereocenters. The van der Waals surface area contributed by atoms with E-state index < -0.39 is 0 Å². The van der Waals surface area contributed by atoms with Crippen LogP contribution in [0.5, 0.6) is 0 Å². The van der Waals surface area contributed by atoms with E-state index in [9.17, 15) is 0 Å². The maximum atomic E-state index is 2.28. The van der Waals surface area contributed by atoms with Crippen molar-refractivity contribution in [3.8, 4) is 0 Å². The first-order valence-electron chi connectivity index (χ1n) is 6.40. The van der Waals surface area contributed by atoms with E-state index in [4.69, 9.17) is 0 Å². The van der Waals surface area contributed by atoms with Crippen molar-refractivity contribution in [2.24, 2.45) is 11.8 Å². The molecule has 0 heterocycles. The van der Waals surface area contributed by atoms with Gasteiger partial charge in [0.2, 0.25) is 0 Å². The maximum Gasteiger partial charge on any atom is 0.0142 e. The largest absolute Gasteiger partial charge is 0.0738 e. The molecule has 0 nitrogen and oxygen atoms in total. The van der Waals surface area contributed by atoms with E-state index in [0.29, 0.717) is 11.8 Å². The zero-order valence-electron chi connectivity index (χ0n) is 10.2. The van der Waals surface area contributed by atoms with Crippen molar-refractivity contribution in [2.75, 3.05) is 0 Å². The molecule has 0 radical (unpaired) electrons. The van der Waals surface area contributed by atoms with Crippen LogP contribution < -0.4 is 10.4 Å². The third kappa shape index (κ3) is 2.60. The van der Waals surface area contributed by atoms with Gasteiger partial charge in [0.25, 0.3) is 0 Å². The predicted octanol–water partition coefficient (Wildman–Crippen LogP) is 2.73. The first-order chi connectivity index (χ1) is 8.90. The van der Waals surface area contributed by atoms with E-state index in [1.807, 2.05) is 0 Å². The maximum absolute atomic E-state index is 2.28. The zero-order valence-corrected chi connectivity index (χ0v) is 10.2. The minimum atomic E-state index is 0.459. The summed E-state index contributed by atoms with van der Waals surface area (Å²) < 4.78 is 0. The first-order valence-corrected chi connectivity index (χ1v) is 6.40. The number of rotatable bonds is 2. The molecule has 2 aliphatic rings. The van der Waals surface area contributed by atoms with Crippen LogP contribution in [0.25, 0.3) is 12.2 Å². The second kappa shape index (κ2) is 5.05. The Morgan fingerprint density at radius 1 is 0.556 bits per heavy atom. The third-order valence-corrected chi connectivity index (χ3v) is 3.26. The summed E-state index contributed by atoms with van der Waals surface area (Å²) in [5.41, 5.74) is 0. The number of hydrogen-bond acceptors (Lipinski definition) is 0. The molecule has 0 saturated carbocycles. The van der Waals surface area contributed by atoms with Crippen LogP contribution >= 0.6 is 0 Å². The molecule has 0 spiro atoms. The van der Waals surface area contributed by atoms with Crippen molar-refractivity contribution in [2.45, 2.75) is 0 Å². The SMILES string of the molecule is C1=CC(C=c2ccc(=CC3C=CC=C3)cc2)C=C1. The predicted molar refractivity (Wildman–Crippen MR) is 78.2 cm³/mol. The third-order valence-electron chi connectivity index (χ3n) is 3.26. The summed E-state index contributed by atoms with van der Waals surface area (Å²) in [6.45, 7) is 0. The van der Waals surface area contributed by atoms with E-state index in [-0.39, 0.29) is 0 Å². The Kier molecular flexibility index (Phi) is 3.10. The topological polar surface area (TPSA) is 0 Å². The van der Waals surface area contributed by atoms with Gasteiger partial charge in [-0.3, -0.25) is 0 Å². The Bertz CT molecular complexity index is 547. The van der Waals surface area contributed by atoms with Gasteiger partial charge in [-0.05, 0) is 10.4 Å². The smallest absolute Gasteiger partial charge is 0.0142 e. The van der Waals surface area contributed by atoms with Crippen LogP contribution in [0.3, 0.4) is 0 Å². The van der Waals surface area contributed by atoms with E-state index in [1.165, 1.54) is 10.4 Å². The summed E-state index contributed by atoms with van der Waals surface area (Å²) in [7, 11) is 0. The van der Waals surface area contributed by atoms with E-state index >= 15 is 0 Å². The van der Waals surface area contributed by atoms with Gasteiger partial charge in [-0.15, -0.1) is 0 Å². The van der Waals surface area contributed by atoms with E-state index in [0.717, 1.165) is 0 Å². The fourth-order valence-corrected chi connectivity index (χ4v) is 2.28. The van der Waals surface area contributed by atoms with Gasteiger partial charge in [-0.2, -0.15) is 0 Å². The standard InChI is InChI=1S/C18H16/c1-2-6-15(5-1)13-17-9-11-18(12-10-17)14-16-7-3-4-8-16/h1-16H. The summed E-state index contributed by atoms with van der Waals surface area (Å²) in [4.78, 5) is 0. The van der Waals surface area contributed by atoms with Crippen molar-refractivity contribution in [1.82, 2.24) is 0 Å². The summed E-state index contributed by atoms with van der Waals surface area (Å²) in [5, 5.41) is 2.57. The van der Waals surface area contributed by atoms with Crippen LogP contribution in [0.2, 0.25) is 0 Å². The van der Waals surface area contributed by atoms with E-state index in [1.54, 1.807) is 0 Å². The Labute approximate surface area is 108 Å². The monoisotopic (exact) mass is 232 g/mol. The van der Waals surface area contributed by atoms with Gasteiger partial charge in [0.1, 0.15) is 0 Å². The highest BCUT2D eigenvalue weighted by Gasteiger charge is 1.98. The van der Waals surface area contributed by atoms with Gasteiger partial charge in [0.05, 0.1) is 0 Å². The molecular weight excluding hydrogens is 216 g/mol. The van der Waals surface area contributed by atoms with Crippen LogP contribution in [0.15, 0.2) is 72.9 Å². The lowest BCUT2D eigenvalue weighted by atomic mass is 10.1. The average molecular weight is 232 g/mol. The van der Waals surface area contributed by atoms with Gasteiger partial charge >= 0.3 is 0 Å². The average Bonchev–Trinajstić information content (AvgIpc) is 3.05. The molecule has 1 aromatic carbocycles. The van der Waals surface area contributed by atoms with Gasteiger partial charge in [-0.25, -0.2) is 0 Å². The highest BCUT2D eigenvalue weighted by atomic mass is 14.0. The van der Waals surface area contributed by atoms with Gasteiger partial charge in [0, 0.05) is 11.8 Å². The fraction of sp³-hybridized carbons (Fsp3) is 0.111. The van der Waals surface area contributed by atoms with Crippen molar-refractivity contribution in [3.05, 3.63) is 83.3 Å². The van der Waals surface area contributed by atoms with Gasteiger partial charge in [-0.1, -0.05) is 85.0 Å². The summed E-state index contributed by atoms with van der Waals surface area (Å²) >= 11 is 0. The van der Waals surface area contributed by atoms with Crippen molar-refractivity contribution in [3.63, 3.8) is 0 Å². The molecule has 0 amide bonds. The minimum Gasteiger partial charge on any atom is -0.0738 e. The summed E-state index contributed by atoms with van der Waals surface area (Å²) in [6, 6.07) is 8.75. The first kappa shape index (κ1) is 11.0. The van der Waals surface area contributed by atoms with Crippen LogP contribution in [0.1, 0.15) is 0 Å². The number of benzene rings is 1. The molecule has 3 rings (SSSR count). The molecule has 0 N–H and O–H groups in total. The highest BCUT2D eigenvalue weighted by molar-refractivity contribution is 5.42. The Balaban J connectivity index is 1.84. The Morgan fingerprint density at radius 3 is 1.22 bits per heavy atom. The lowest BCUT2D eigenvalue weighted by molar-refractivity contribution is 1.15. The highest BCUT2D eigenvalue weighted by Crippen LogP contribution is 2.10. The second-order valence-corrected chi connectivity index (χ2v) is 4.69. The van der Waals surface area contributed by atoms with Crippen molar-refractivity contribution in [1.29, 1.82) is 0 Å². The quantitative estimate of drug-likeness (QED) is 0.735. The van der Waals surface area contributed by atoms with Crippen molar-refractivity contribution < 1.29 is 0 Å². The molecule has 0 bridgehead atoms. The molecule has 0 heteroatoms. The van der Waals surface area contributed by atoms with Crippen LogP contribution in [-0.2, 0) is 0 Å². The van der Waals surface area contributed by atoms with Crippen LogP contribution in [0, 0.1) is 11.8 Å². The molecule has 0 aliphatic heterocycles. The normalized spacial score (nSPS) is 17.8. The molecular formula is C18H16. The van der Waals surface area contributed by atoms with Crippen LogP contribution in [0.4, 0.5) is 0 Å². The summed E-state index contributed by atoms with van der Waals surface area (Å²) in [6.07, 6.45) is 21.8. The van der Waals surface area contributed by atoms with Gasteiger partial charge < -0.3 is 0 Å². The lowest BCUT2D eigenvalue weighted by Crippen LogP contribution is -2.09. The molecule has 0 atom stereocenters. The fourth-order valence-electron chi connectivity index (χ4n) is 2.28. The van der Waals surface area contributed by atoms with Crippen LogP contribution in [-0.4, -0.2) is 0 Å². The number of hydrogen-bond donors (Lipinski definition) is 0. The molecule has 0 fully saturated rings. The lowest BCUT2D eigenvalue weighted by Gasteiger charge is -1.97. The van der Waals surface area contributed by atoms with Gasteiger partial charge in [0.15, 0.2) is 0 Å².